The predicted molar refractivity (Wildman–Crippen MR) is 92.5 cm³/mol. The zero-order valence-corrected chi connectivity index (χ0v) is 14.0. The second kappa shape index (κ2) is 11.0. The molecule has 0 saturated carbocycles. The molecule has 0 aromatic heterocycles. The molecular weight excluding hydrogens is 353 g/mol. The average Bonchev–Trinajstić information content (AvgIpc) is 2.38. The summed E-state index contributed by atoms with van der Waals surface area (Å²) in [4.78, 5) is 4.25. The van der Waals surface area contributed by atoms with Crippen LogP contribution in [-0.2, 0) is 11.2 Å². The SMILES string of the molecule is CCOCCCN=C(N)Nc1cccc(CC)c1.I. The first kappa shape index (κ1) is 18.2. The van der Waals surface area contributed by atoms with Gasteiger partial charge < -0.3 is 15.8 Å². The summed E-state index contributed by atoms with van der Waals surface area (Å²) in [6.07, 6.45) is 1.91. The molecule has 0 amide bonds. The number of ether oxygens (including phenoxy) is 1. The lowest BCUT2D eigenvalue weighted by atomic mass is 10.1. The van der Waals surface area contributed by atoms with E-state index in [-0.39, 0.29) is 24.0 Å². The number of nitrogens with zero attached hydrogens (tertiary/aromatic N) is 1. The summed E-state index contributed by atoms with van der Waals surface area (Å²) in [5.41, 5.74) is 8.08. The van der Waals surface area contributed by atoms with E-state index in [1.54, 1.807) is 0 Å². The van der Waals surface area contributed by atoms with E-state index in [0.717, 1.165) is 31.7 Å². The number of anilines is 1. The van der Waals surface area contributed by atoms with Gasteiger partial charge in [-0.1, -0.05) is 19.1 Å². The number of nitrogens with two attached hydrogens (primary N) is 1. The van der Waals surface area contributed by atoms with Gasteiger partial charge in [0, 0.05) is 25.4 Å². The molecule has 0 aliphatic heterocycles. The number of hydrogen-bond acceptors (Lipinski definition) is 2. The molecule has 1 rings (SSSR count). The highest BCUT2D eigenvalue weighted by molar-refractivity contribution is 14.0. The molecule has 0 aliphatic rings. The van der Waals surface area contributed by atoms with E-state index in [1.807, 2.05) is 19.1 Å². The van der Waals surface area contributed by atoms with Crippen LogP contribution >= 0.6 is 24.0 Å². The van der Waals surface area contributed by atoms with Gasteiger partial charge in [0.2, 0.25) is 0 Å². The molecule has 1 aromatic carbocycles. The molecule has 0 heterocycles. The maximum absolute atomic E-state index is 5.81. The molecule has 0 fully saturated rings. The number of benzene rings is 1. The molecule has 4 nitrogen and oxygen atoms in total. The van der Waals surface area contributed by atoms with Crippen LogP contribution < -0.4 is 11.1 Å². The fourth-order valence-corrected chi connectivity index (χ4v) is 1.57. The largest absolute Gasteiger partial charge is 0.382 e. The first-order valence-corrected chi connectivity index (χ1v) is 6.49. The van der Waals surface area contributed by atoms with Gasteiger partial charge in [-0.25, -0.2) is 0 Å². The standard InChI is InChI=1S/C14H23N3O.HI/c1-3-12-7-5-8-13(11-12)17-14(15)16-9-6-10-18-4-2;/h5,7-8,11H,3-4,6,9-10H2,1-2H3,(H3,15,16,17);1H. The van der Waals surface area contributed by atoms with Gasteiger partial charge in [0.15, 0.2) is 5.96 Å². The Morgan fingerprint density at radius 3 is 2.84 bits per heavy atom. The Hall–Kier alpha value is -0.820. The minimum absolute atomic E-state index is 0. The monoisotopic (exact) mass is 377 g/mol. The van der Waals surface area contributed by atoms with Crippen molar-refractivity contribution in [2.75, 3.05) is 25.1 Å². The third kappa shape index (κ3) is 8.05. The summed E-state index contributed by atoms with van der Waals surface area (Å²) in [5.74, 6) is 0.458. The van der Waals surface area contributed by atoms with Crippen LogP contribution in [0.1, 0.15) is 25.8 Å². The van der Waals surface area contributed by atoms with Crippen LogP contribution in [0.5, 0.6) is 0 Å². The van der Waals surface area contributed by atoms with E-state index >= 15 is 0 Å². The lowest BCUT2D eigenvalue weighted by Crippen LogP contribution is -2.23. The van der Waals surface area contributed by atoms with Crippen LogP contribution in [0.3, 0.4) is 0 Å². The van der Waals surface area contributed by atoms with Crippen LogP contribution in [0.4, 0.5) is 5.69 Å². The first-order valence-electron chi connectivity index (χ1n) is 6.49. The highest BCUT2D eigenvalue weighted by Gasteiger charge is 1.96. The molecule has 0 bridgehead atoms. The summed E-state index contributed by atoms with van der Waals surface area (Å²) in [5, 5.41) is 3.09. The smallest absolute Gasteiger partial charge is 0.193 e. The molecular formula is C14H24IN3O. The maximum atomic E-state index is 5.81. The molecule has 0 aliphatic carbocycles. The lowest BCUT2D eigenvalue weighted by molar-refractivity contribution is 0.146. The van der Waals surface area contributed by atoms with E-state index < -0.39 is 0 Å². The highest BCUT2D eigenvalue weighted by Crippen LogP contribution is 2.10. The Morgan fingerprint density at radius 2 is 2.16 bits per heavy atom. The topological polar surface area (TPSA) is 59.6 Å². The van der Waals surface area contributed by atoms with Crippen LogP contribution in [0.25, 0.3) is 0 Å². The molecule has 0 saturated heterocycles. The number of aryl methyl sites for hydroxylation is 1. The normalized spacial score (nSPS) is 10.9. The van der Waals surface area contributed by atoms with Crippen LogP contribution in [-0.4, -0.2) is 25.7 Å². The molecule has 0 unspecified atom stereocenters. The summed E-state index contributed by atoms with van der Waals surface area (Å²) in [6.45, 7) is 6.29. The molecule has 1 aromatic rings. The number of halogens is 1. The Balaban J connectivity index is 0.00000324. The van der Waals surface area contributed by atoms with Crippen molar-refractivity contribution in [3.8, 4) is 0 Å². The molecule has 108 valence electrons. The van der Waals surface area contributed by atoms with E-state index in [1.165, 1.54) is 5.56 Å². The molecule has 0 atom stereocenters. The molecule has 3 N–H and O–H groups in total. The number of nitrogens with one attached hydrogen (secondary N) is 1. The van der Waals surface area contributed by atoms with E-state index in [2.05, 4.69) is 29.4 Å². The summed E-state index contributed by atoms with van der Waals surface area (Å²) in [6, 6.07) is 8.19. The number of hydrogen-bond donors (Lipinski definition) is 2. The molecule has 5 heteroatoms. The van der Waals surface area contributed by atoms with Crippen molar-refractivity contribution < 1.29 is 4.74 Å². The van der Waals surface area contributed by atoms with Crippen molar-refractivity contribution in [1.82, 2.24) is 0 Å². The average molecular weight is 377 g/mol. The van der Waals surface area contributed by atoms with Crippen LogP contribution in [0, 0.1) is 0 Å². The number of aliphatic imine (C=N–C) groups is 1. The quantitative estimate of drug-likeness (QED) is 0.332. The third-order valence-corrected chi connectivity index (χ3v) is 2.54. The minimum atomic E-state index is 0. The number of rotatable bonds is 7. The first-order chi connectivity index (χ1) is 8.76. The van der Waals surface area contributed by atoms with Crippen molar-refractivity contribution in [2.45, 2.75) is 26.7 Å². The zero-order chi connectivity index (χ0) is 13.2. The van der Waals surface area contributed by atoms with Gasteiger partial charge in [-0.2, -0.15) is 0 Å². The molecule has 0 spiro atoms. The Bertz CT molecular complexity index is 383. The Kier molecular flexibility index (Phi) is 10.6. The number of guanidine groups is 1. The van der Waals surface area contributed by atoms with Crippen molar-refractivity contribution in [1.29, 1.82) is 0 Å². The maximum Gasteiger partial charge on any atom is 0.193 e. The van der Waals surface area contributed by atoms with E-state index in [9.17, 15) is 0 Å². The van der Waals surface area contributed by atoms with Gasteiger partial charge in [-0.15, -0.1) is 24.0 Å². The van der Waals surface area contributed by atoms with Crippen molar-refractivity contribution in [2.24, 2.45) is 10.7 Å². The van der Waals surface area contributed by atoms with Gasteiger partial charge in [0.05, 0.1) is 0 Å². The van der Waals surface area contributed by atoms with Gasteiger partial charge in [-0.05, 0) is 37.5 Å². The van der Waals surface area contributed by atoms with Gasteiger partial charge >= 0.3 is 0 Å². The van der Waals surface area contributed by atoms with Crippen LogP contribution in [0.2, 0.25) is 0 Å². The fourth-order valence-electron chi connectivity index (χ4n) is 1.57. The van der Waals surface area contributed by atoms with Gasteiger partial charge in [0.1, 0.15) is 0 Å². The third-order valence-electron chi connectivity index (χ3n) is 2.54. The van der Waals surface area contributed by atoms with Crippen molar-refractivity contribution in [3.05, 3.63) is 29.8 Å². The molecule has 0 radical (unpaired) electrons. The second-order valence-electron chi connectivity index (χ2n) is 4.00. The van der Waals surface area contributed by atoms with E-state index in [4.69, 9.17) is 10.5 Å². The van der Waals surface area contributed by atoms with Gasteiger partial charge in [-0.3, -0.25) is 4.99 Å². The highest BCUT2D eigenvalue weighted by atomic mass is 127. The van der Waals surface area contributed by atoms with Crippen molar-refractivity contribution >= 4 is 35.6 Å². The van der Waals surface area contributed by atoms with E-state index in [0.29, 0.717) is 12.5 Å². The Labute approximate surface area is 132 Å². The van der Waals surface area contributed by atoms with Crippen molar-refractivity contribution in [3.63, 3.8) is 0 Å². The summed E-state index contributed by atoms with van der Waals surface area (Å²) >= 11 is 0. The Morgan fingerprint density at radius 1 is 1.37 bits per heavy atom. The fraction of sp³-hybridized carbons (Fsp3) is 0.500. The predicted octanol–water partition coefficient (Wildman–Crippen LogP) is 3.02. The van der Waals surface area contributed by atoms with Gasteiger partial charge in [0.25, 0.3) is 0 Å². The second-order valence-corrected chi connectivity index (χ2v) is 4.00. The van der Waals surface area contributed by atoms with Crippen LogP contribution in [0.15, 0.2) is 29.3 Å². The molecule has 19 heavy (non-hydrogen) atoms. The lowest BCUT2D eigenvalue weighted by Gasteiger charge is -2.07. The summed E-state index contributed by atoms with van der Waals surface area (Å²) < 4.78 is 5.23. The minimum Gasteiger partial charge on any atom is -0.382 e. The summed E-state index contributed by atoms with van der Waals surface area (Å²) in [7, 11) is 0. The zero-order valence-electron chi connectivity index (χ0n) is 11.7.